The van der Waals surface area contributed by atoms with Crippen molar-refractivity contribution < 1.29 is 59.3 Å². The largest absolute Gasteiger partial charge is 0.394 e. The minimum atomic E-state index is -3.71. The van der Waals surface area contributed by atoms with E-state index in [9.17, 15) is 16.8 Å². The van der Waals surface area contributed by atoms with Crippen LogP contribution in [-0.4, -0.2) is 129 Å². The summed E-state index contributed by atoms with van der Waals surface area (Å²) in [5, 5.41) is 8.32. The Kier molecular flexibility index (Phi) is 32.4. The minimum Gasteiger partial charge on any atom is -0.394 e. The quantitative estimate of drug-likeness (QED) is 0.115. The Morgan fingerprint density at radius 1 is 0.612 bits per heavy atom. The average Bonchev–Trinajstić information content (AvgIpc) is 3.65. The first-order chi connectivity index (χ1) is 23.0. The molecule has 2 aromatic carbocycles. The van der Waals surface area contributed by atoms with Gasteiger partial charge < -0.3 is 38.3 Å². The summed E-state index contributed by atoms with van der Waals surface area (Å²) in [5.41, 5.74) is 2.00. The Labute approximate surface area is 298 Å². The van der Waals surface area contributed by atoms with E-state index >= 15 is 0 Å². The summed E-state index contributed by atoms with van der Waals surface area (Å²) in [6.45, 7) is 10.6. The van der Waals surface area contributed by atoms with E-state index in [1.807, 2.05) is 13.8 Å². The van der Waals surface area contributed by atoms with Crippen molar-refractivity contribution in [2.45, 2.75) is 43.9 Å². The van der Waals surface area contributed by atoms with E-state index in [2.05, 4.69) is 0 Å². The molecule has 0 atom stereocenters. The van der Waals surface area contributed by atoms with Crippen molar-refractivity contribution in [2.75, 3.05) is 107 Å². The summed E-state index contributed by atoms with van der Waals surface area (Å²) in [4.78, 5) is 0.292. The molecule has 0 saturated carbocycles. The summed E-state index contributed by atoms with van der Waals surface area (Å²) in [6, 6.07) is 12.9. The van der Waals surface area contributed by atoms with Gasteiger partial charge >= 0.3 is 0 Å². The van der Waals surface area contributed by atoms with E-state index in [-0.39, 0.29) is 37.0 Å². The average molecular weight is 761 g/mol. The van der Waals surface area contributed by atoms with Gasteiger partial charge in [-0.15, -0.1) is 0 Å². The molecular formula is C33H57ClO13S2. The van der Waals surface area contributed by atoms with Gasteiger partial charge in [0.15, 0.2) is 0 Å². The fourth-order valence-corrected chi connectivity index (χ4v) is 4.84. The van der Waals surface area contributed by atoms with Gasteiger partial charge in [0.1, 0.15) is 0 Å². The summed E-state index contributed by atoms with van der Waals surface area (Å²) < 4.78 is 84.9. The number of aliphatic hydroxyl groups excluding tert-OH is 1. The predicted molar refractivity (Wildman–Crippen MR) is 189 cm³/mol. The molecule has 1 heterocycles. The standard InChI is InChI=1S/C14H22O6S.C7H7ClO2S.C7H16O4.C4H8O.CH4/c1-13-3-5-14(6-4-13)21(15,16)20-12-11-19-10-9-18-8-7-17-2;1-6-2-4-7(5-3-6)11(8,9)10;1-9-4-5-11-7-6-10-3-2-8;1-2-4-5-3-1;/h3-6H,7-12H2,1-2H3;2-5H,1H3;8H,2-7H2,1H3;1-4H2;1H4. The number of methoxy groups -OCH3 is 2. The molecule has 1 aliphatic rings. The van der Waals surface area contributed by atoms with E-state index < -0.39 is 19.2 Å². The Morgan fingerprint density at radius 2 is 0.980 bits per heavy atom. The molecule has 0 amide bonds. The number of benzene rings is 2. The zero-order valence-corrected chi connectivity index (χ0v) is 30.9. The zero-order chi connectivity index (χ0) is 35.9. The highest BCUT2D eigenvalue weighted by atomic mass is 35.7. The highest BCUT2D eigenvalue weighted by Gasteiger charge is 2.14. The highest BCUT2D eigenvalue weighted by Crippen LogP contribution is 2.14. The number of halogens is 1. The van der Waals surface area contributed by atoms with Crippen LogP contribution in [0.3, 0.4) is 0 Å². The summed E-state index contributed by atoms with van der Waals surface area (Å²) in [6.07, 6.45) is 2.56. The van der Waals surface area contributed by atoms with E-state index in [1.54, 1.807) is 38.5 Å². The number of aliphatic hydroxyl groups is 1. The second kappa shape index (κ2) is 32.2. The van der Waals surface area contributed by atoms with Crippen LogP contribution >= 0.6 is 10.7 Å². The fourth-order valence-electron chi connectivity index (χ4n) is 3.18. The summed E-state index contributed by atoms with van der Waals surface area (Å²) in [7, 11) is 1.06. The fraction of sp³-hybridized carbons (Fsp3) is 0.636. The molecule has 0 aromatic heterocycles. The van der Waals surface area contributed by atoms with Crippen LogP contribution in [0.15, 0.2) is 58.3 Å². The molecule has 286 valence electrons. The van der Waals surface area contributed by atoms with E-state index in [4.69, 9.17) is 53.1 Å². The second-order valence-corrected chi connectivity index (χ2v) is 14.0. The molecule has 0 bridgehead atoms. The van der Waals surface area contributed by atoms with Crippen LogP contribution in [0.1, 0.15) is 31.4 Å². The van der Waals surface area contributed by atoms with Crippen molar-refractivity contribution in [1.82, 2.24) is 0 Å². The van der Waals surface area contributed by atoms with Gasteiger partial charge in [-0.3, -0.25) is 4.18 Å². The van der Waals surface area contributed by atoms with E-state index in [0.29, 0.717) is 59.5 Å². The molecule has 1 fully saturated rings. The molecule has 49 heavy (non-hydrogen) atoms. The van der Waals surface area contributed by atoms with Crippen molar-refractivity contribution >= 4 is 29.9 Å². The first kappa shape index (κ1) is 49.4. The molecule has 2 aromatic rings. The number of rotatable bonds is 20. The molecule has 1 aliphatic heterocycles. The lowest BCUT2D eigenvalue weighted by Gasteiger charge is -2.07. The van der Waals surface area contributed by atoms with Crippen LogP contribution in [0.2, 0.25) is 0 Å². The van der Waals surface area contributed by atoms with Gasteiger partial charge in [-0.25, -0.2) is 8.42 Å². The molecule has 0 unspecified atom stereocenters. The van der Waals surface area contributed by atoms with Crippen molar-refractivity contribution in [2.24, 2.45) is 0 Å². The first-order valence-electron chi connectivity index (χ1n) is 15.4. The smallest absolute Gasteiger partial charge is 0.297 e. The topological polar surface area (TPSA) is 162 Å². The maximum Gasteiger partial charge on any atom is 0.297 e. The van der Waals surface area contributed by atoms with Gasteiger partial charge in [0.05, 0.1) is 89.1 Å². The van der Waals surface area contributed by atoms with E-state index in [0.717, 1.165) is 24.3 Å². The van der Waals surface area contributed by atoms with Gasteiger partial charge in [0.2, 0.25) is 0 Å². The van der Waals surface area contributed by atoms with Crippen LogP contribution in [0, 0.1) is 13.8 Å². The van der Waals surface area contributed by atoms with Crippen molar-refractivity contribution in [3.8, 4) is 0 Å². The normalized spacial score (nSPS) is 12.4. The first-order valence-corrected chi connectivity index (χ1v) is 19.1. The predicted octanol–water partition coefficient (Wildman–Crippen LogP) is 4.39. The SMILES string of the molecule is C.C1CCOC1.COCCOCCOCCO.COCCOCCOCCOS(=O)(=O)c1ccc(C)cc1.Cc1ccc(S(=O)(=O)Cl)cc1. The molecule has 1 saturated heterocycles. The van der Waals surface area contributed by atoms with Crippen LogP contribution in [0.5, 0.6) is 0 Å². The van der Waals surface area contributed by atoms with Crippen molar-refractivity contribution in [1.29, 1.82) is 0 Å². The monoisotopic (exact) mass is 760 g/mol. The van der Waals surface area contributed by atoms with Crippen LogP contribution in [0.25, 0.3) is 0 Å². The molecule has 16 heteroatoms. The lowest BCUT2D eigenvalue weighted by molar-refractivity contribution is 0.0159. The van der Waals surface area contributed by atoms with Gasteiger partial charge in [-0.05, 0) is 51.0 Å². The number of hydrogen-bond donors (Lipinski definition) is 1. The third kappa shape index (κ3) is 29.7. The Balaban J connectivity index is 0. The Hall–Kier alpha value is -1.73. The Bertz CT molecular complexity index is 1210. The Morgan fingerprint density at radius 3 is 1.33 bits per heavy atom. The van der Waals surface area contributed by atoms with E-state index in [1.165, 1.54) is 37.1 Å². The lowest BCUT2D eigenvalue weighted by Crippen LogP contribution is -2.14. The third-order valence-electron chi connectivity index (χ3n) is 5.75. The van der Waals surface area contributed by atoms with Gasteiger partial charge in [0.25, 0.3) is 19.2 Å². The van der Waals surface area contributed by atoms with Crippen LogP contribution in [0.4, 0.5) is 0 Å². The minimum absolute atomic E-state index is 0. The summed E-state index contributed by atoms with van der Waals surface area (Å²) in [5.74, 6) is 0. The number of hydrogen-bond acceptors (Lipinski definition) is 13. The highest BCUT2D eigenvalue weighted by molar-refractivity contribution is 8.13. The molecule has 1 N–H and O–H groups in total. The van der Waals surface area contributed by atoms with Gasteiger partial charge in [-0.2, -0.15) is 8.42 Å². The number of ether oxygens (including phenoxy) is 7. The van der Waals surface area contributed by atoms with Gasteiger partial charge in [-0.1, -0.05) is 42.8 Å². The molecule has 0 aliphatic carbocycles. The third-order valence-corrected chi connectivity index (χ3v) is 8.45. The molecular weight excluding hydrogens is 704 g/mol. The molecule has 0 radical (unpaired) electrons. The maximum atomic E-state index is 11.8. The zero-order valence-electron chi connectivity index (χ0n) is 28.5. The van der Waals surface area contributed by atoms with Crippen LogP contribution < -0.4 is 0 Å². The maximum absolute atomic E-state index is 11.8. The molecule has 13 nitrogen and oxygen atoms in total. The summed E-state index contributed by atoms with van der Waals surface area (Å²) >= 11 is 0. The van der Waals surface area contributed by atoms with Crippen LogP contribution in [-0.2, 0) is 56.5 Å². The second-order valence-electron chi connectivity index (χ2n) is 9.82. The lowest BCUT2D eigenvalue weighted by atomic mass is 10.2. The molecule has 0 spiro atoms. The van der Waals surface area contributed by atoms with Crippen molar-refractivity contribution in [3.63, 3.8) is 0 Å². The molecule has 3 rings (SSSR count). The van der Waals surface area contributed by atoms with Gasteiger partial charge in [0, 0.05) is 38.1 Å². The number of aryl methyl sites for hydroxylation is 2. The van der Waals surface area contributed by atoms with Crippen molar-refractivity contribution in [3.05, 3.63) is 59.7 Å².